The molecular formula is C11H12O2. The summed E-state index contributed by atoms with van der Waals surface area (Å²) in [6.45, 7) is 0.545. The summed E-state index contributed by atoms with van der Waals surface area (Å²) in [5.41, 5.74) is 2.05. The van der Waals surface area contributed by atoms with Crippen LogP contribution in [-0.4, -0.2) is 5.11 Å². The largest absolute Gasteiger partial charge is 0.497 e. The molecule has 0 bridgehead atoms. The first kappa shape index (κ1) is 8.32. The van der Waals surface area contributed by atoms with Crippen LogP contribution in [0, 0.1) is 0 Å². The molecule has 1 N–H and O–H groups in total. The van der Waals surface area contributed by atoms with Gasteiger partial charge < -0.3 is 9.84 Å². The van der Waals surface area contributed by atoms with Crippen molar-refractivity contribution in [1.82, 2.24) is 0 Å². The van der Waals surface area contributed by atoms with E-state index in [-0.39, 0.29) is 0 Å². The zero-order valence-electron chi connectivity index (χ0n) is 7.31. The van der Waals surface area contributed by atoms with E-state index in [4.69, 9.17) is 4.74 Å². The van der Waals surface area contributed by atoms with E-state index >= 15 is 0 Å². The summed E-state index contributed by atoms with van der Waals surface area (Å²) in [7, 11) is 0. The van der Waals surface area contributed by atoms with Gasteiger partial charge in [-0.15, -0.1) is 0 Å². The smallest absolute Gasteiger partial charge is 0.113 e. The van der Waals surface area contributed by atoms with Crippen molar-refractivity contribution in [2.24, 2.45) is 0 Å². The van der Waals surface area contributed by atoms with Gasteiger partial charge in [0.2, 0.25) is 0 Å². The molecule has 68 valence electrons. The summed E-state index contributed by atoms with van der Waals surface area (Å²) < 4.78 is 5.26. The van der Waals surface area contributed by atoms with Crippen molar-refractivity contribution < 1.29 is 9.84 Å². The van der Waals surface area contributed by atoms with E-state index in [1.54, 1.807) is 6.26 Å². The standard InChI is InChI=1S/C11H12O2/c12-11-6-3-7-13-8-9-4-1-2-5-10(9)11/h1-5,7,11-12H,6,8H2/b7-3-. The zero-order chi connectivity index (χ0) is 9.10. The second kappa shape index (κ2) is 3.62. The number of ether oxygens (including phenoxy) is 1. The predicted molar refractivity (Wildman–Crippen MR) is 49.9 cm³/mol. The van der Waals surface area contributed by atoms with Gasteiger partial charge in [0.25, 0.3) is 0 Å². The summed E-state index contributed by atoms with van der Waals surface area (Å²) in [5.74, 6) is 0. The normalized spacial score (nSPS) is 23.6. The third kappa shape index (κ3) is 1.73. The quantitative estimate of drug-likeness (QED) is 0.656. The Bertz CT molecular complexity index is 318. The molecule has 2 rings (SSSR count). The van der Waals surface area contributed by atoms with E-state index < -0.39 is 6.10 Å². The van der Waals surface area contributed by atoms with Crippen LogP contribution in [0.15, 0.2) is 36.6 Å². The van der Waals surface area contributed by atoms with Crippen LogP contribution in [-0.2, 0) is 11.3 Å². The first-order chi connectivity index (χ1) is 6.38. The van der Waals surface area contributed by atoms with Crippen LogP contribution in [0.4, 0.5) is 0 Å². The lowest BCUT2D eigenvalue weighted by Crippen LogP contribution is -2.03. The highest BCUT2D eigenvalue weighted by Gasteiger charge is 2.11. The summed E-state index contributed by atoms with van der Waals surface area (Å²) in [6.07, 6.45) is 3.73. The second-order valence-corrected chi connectivity index (χ2v) is 3.13. The molecule has 1 aromatic carbocycles. The Morgan fingerprint density at radius 1 is 1.31 bits per heavy atom. The van der Waals surface area contributed by atoms with Crippen LogP contribution < -0.4 is 0 Å². The maximum Gasteiger partial charge on any atom is 0.113 e. The Balaban J connectivity index is 2.36. The first-order valence-electron chi connectivity index (χ1n) is 4.40. The van der Waals surface area contributed by atoms with Gasteiger partial charge in [0, 0.05) is 0 Å². The lowest BCUT2D eigenvalue weighted by atomic mass is 10.0. The van der Waals surface area contributed by atoms with Crippen molar-refractivity contribution in [3.05, 3.63) is 47.7 Å². The number of benzene rings is 1. The van der Waals surface area contributed by atoms with E-state index in [0.29, 0.717) is 13.0 Å². The first-order valence-corrected chi connectivity index (χ1v) is 4.40. The third-order valence-electron chi connectivity index (χ3n) is 2.20. The van der Waals surface area contributed by atoms with Gasteiger partial charge in [0.15, 0.2) is 0 Å². The monoisotopic (exact) mass is 176 g/mol. The molecule has 0 saturated heterocycles. The minimum atomic E-state index is -0.392. The number of hydrogen-bond donors (Lipinski definition) is 1. The highest BCUT2D eigenvalue weighted by Crippen LogP contribution is 2.23. The minimum Gasteiger partial charge on any atom is -0.497 e. The maximum atomic E-state index is 9.76. The Hall–Kier alpha value is -1.28. The number of fused-ring (bicyclic) bond motifs is 1. The molecule has 0 fully saturated rings. The number of rotatable bonds is 0. The Kier molecular flexibility index (Phi) is 2.32. The van der Waals surface area contributed by atoms with Crippen LogP contribution in [0.3, 0.4) is 0 Å². The maximum absolute atomic E-state index is 9.76. The predicted octanol–water partition coefficient (Wildman–Crippen LogP) is 2.15. The van der Waals surface area contributed by atoms with Crippen LogP contribution in [0.25, 0.3) is 0 Å². The molecule has 1 aliphatic heterocycles. The van der Waals surface area contributed by atoms with Crippen molar-refractivity contribution in [1.29, 1.82) is 0 Å². The molecule has 13 heavy (non-hydrogen) atoms. The molecule has 0 aliphatic carbocycles. The van der Waals surface area contributed by atoms with E-state index in [0.717, 1.165) is 11.1 Å². The average Bonchev–Trinajstić information content (AvgIpc) is 2.14. The minimum absolute atomic E-state index is 0.392. The number of aliphatic hydroxyl groups excluding tert-OH is 1. The SMILES string of the molecule is OC1C/C=C\OCc2ccccc21. The van der Waals surface area contributed by atoms with Gasteiger partial charge in [-0.3, -0.25) is 0 Å². The molecule has 0 saturated carbocycles. The van der Waals surface area contributed by atoms with Crippen molar-refractivity contribution in [3.63, 3.8) is 0 Å². The molecule has 1 heterocycles. The molecule has 0 spiro atoms. The fourth-order valence-corrected chi connectivity index (χ4v) is 1.51. The van der Waals surface area contributed by atoms with Crippen molar-refractivity contribution in [2.75, 3.05) is 0 Å². The molecule has 0 radical (unpaired) electrons. The van der Waals surface area contributed by atoms with Gasteiger partial charge in [0.05, 0.1) is 12.4 Å². The molecule has 1 atom stereocenters. The van der Waals surface area contributed by atoms with Crippen LogP contribution >= 0.6 is 0 Å². The van der Waals surface area contributed by atoms with Crippen LogP contribution in [0.2, 0.25) is 0 Å². The lowest BCUT2D eigenvalue weighted by molar-refractivity contribution is 0.165. The lowest BCUT2D eigenvalue weighted by Gasteiger charge is -2.16. The average molecular weight is 176 g/mol. The van der Waals surface area contributed by atoms with Gasteiger partial charge in [0.1, 0.15) is 6.61 Å². The molecular weight excluding hydrogens is 164 g/mol. The van der Waals surface area contributed by atoms with Crippen molar-refractivity contribution in [3.8, 4) is 0 Å². The summed E-state index contributed by atoms with van der Waals surface area (Å²) >= 11 is 0. The van der Waals surface area contributed by atoms with E-state index in [1.807, 2.05) is 30.3 Å². The fraction of sp³-hybridized carbons (Fsp3) is 0.273. The van der Waals surface area contributed by atoms with E-state index in [2.05, 4.69) is 0 Å². The summed E-state index contributed by atoms with van der Waals surface area (Å²) in [5, 5.41) is 9.76. The van der Waals surface area contributed by atoms with Gasteiger partial charge in [-0.05, 0) is 23.6 Å². The zero-order valence-corrected chi connectivity index (χ0v) is 7.31. The van der Waals surface area contributed by atoms with E-state index in [9.17, 15) is 5.11 Å². The molecule has 2 heteroatoms. The molecule has 1 unspecified atom stereocenters. The van der Waals surface area contributed by atoms with Crippen molar-refractivity contribution >= 4 is 0 Å². The Labute approximate surface area is 77.5 Å². The summed E-state index contributed by atoms with van der Waals surface area (Å²) in [6, 6.07) is 7.83. The summed E-state index contributed by atoms with van der Waals surface area (Å²) in [4.78, 5) is 0. The van der Waals surface area contributed by atoms with Crippen LogP contribution in [0.5, 0.6) is 0 Å². The van der Waals surface area contributed by atoms with E-state index in [1.165, 1.54) is 0 Å². The number of hydrogen-bond acceptors (Lipinski definition) is 2. The Morgan fingerprint density at radius 3 is 3.08 bits per heavy atom. The number of aliphatic hydroxyl groups is 1. The van der Waals surface area contributed by atoms with Gasteiger partial charge in [-0.2, -0.15) is 0 Å². The molecule has 1 aliphatic rings. The molecule has 1 aromatic rings. The van der Waals surface area contributed by atoms with Gasteiger partial charge in [-0.25, -0.2) is 0 Å². The molecule has 0 amide bonds. The second-order valence-electron chi connectivity index (χ2n) is 3.13. The molecule has 0 aromatic heterocycles. The highest BCUT2D eigenvalue weighted by molar-refractivity contribution is 5.29. The molecule has 2 nitrogen and oxygen atoms in total. The van der Waals surface area contributed by atoms with Crippen LogP contribution in [0.1, 0.15) is 23.7 Å². The van der Waals surface area contributed by atoms with Gasteiger partial charge >= 0.3 is 0 Å². The fourth-order valence-electron chi connectivity index (χ4n) is 1.51. The van der Waals surface area contributed by atoms with Crippen molar-refractivity contribution in [2.45, 2.75) is 19.1 Å². The van der Waals surface area contributed by atoms with Gasteiger partial charge in [-0.1, -0.05) is 24.3 Å². The Morgan fingerprint density at radius 2 is 2.15 bits per heavy atom. The third-order valence-corrected chi connectivity index (χ3v) is 2.20. The highest BCUT2D eigenvalue weighted by atomic mass is 16.5. The topological polar surface area (TPSA) is 29.5 Å².